The maximum atomic E-state index is 10.5. The van der Waals surface area contributed by atoms with Crippen molar-refractivity contribution < 1.29 is 49.2 Å². The molecule has 0 bridgehead atoms. The lowest BCUT2D eigenvalue weighted by Crippen LogP contribution is -2.60. The number of aromatic hydroxyl groups is 1. The summed E-state index contributed by atoms with van der Waals surface area (Å²) in [6, 6.07) is 5.15. The maximum absolute atomic E-state index is 10.5. The first-order chi connectivity index (χ1) is 15.8. The van der Waals surface area contributed by atoms with Crippen LogP contribution in [0.3, 0.4) is 0 Å². The second-order valence-electron chi connectivity index (χ2n) is 7.97. The van der Waals surface area contributed by atoms with Crippen LogP contribution in [0.1, 0.15) is 11.1 Å². The Bertz CT molecular complexity index is 1020. The summed E-state index contributed by atoms with van der Waals surface area (Å²) in [5.41, 5.74) is 3.08. The molecular formula is C23H28O10. The molecule has 0 aromatic heterocycles. The van der Waals surface area contributed by atoms with Gasteiger partial charge >= 0.3 is 0 Å². The predicted octanol–water partition coefficient (Wildman–Crippen LogP) is 0.362. The zero-order chi connectivity index (χ0) is 23.9. The first kappa shape index (κ1) is 23.4. The number of aliphatic hydroxyl groups is 4. The Labute approximate surface area is 190 Å². The molecule has 0 saturated carbocycles. The van der Waals surface area contributed by atoms with E-state index in [1.165, 1.54) is 21.3 Å². The number of rotatable bonds is 6. The van der Waals surface area contributed by atoms with Crippen molar-refractivity contribution in [2.24, 2.45) is 0 Å². The van der Waals surface area contributed by atoms with Gasteiger partial charge in [-0.3, -0.25) is 0 Å². The fourth-order valence-corrected chi connectivity index (χ4v) is 4.38. The zero-order valence-electron chi connectivity index (χ0n) is 18.5. The van der Waals surface area contributed by atoms with Gasteiger partial charge in [0.25, 0.3) is 0 Å². The van der Waals surface area contributed by atoms with Gasteiger partial charge in [0.2, 0.25) is 12.0 Å². The van der Waals surface area contributed by atoms with Crippen molar-refractivity contribution in [1.29, 1.82) is 0 Å². The highest BCUT2D eigenvalue weighted by molar-refractivity contribution is 5.84. The van der Waals surface area contributed by atoms with Crippen molar-refractivity contribution in [2.45, 2.75) is 43.5 Å². The van der Waals surface area contributed by atoms with Crippen LogP contribution >= 0.6 is 0 Å². The van der Waals surface area contributed by atoms with Crippen LogP contribution in [0.4, 0.5) is 0 Å². The van der Waals surface area contributed by atoms with Gasteiger partial charge in [-0.1, -0.05) is 0 Å². The molecule has 2 aromatic rings. The van der Waals surface area contributed by atoms with E-state index in [1.807, 2.05) is 6.07 Å². The molecule has 2 aromatic carbocycles. The van der Waals surface area contributed by atoms with Gasteiger partial charge in [-0.05, 0) is 47.7 Å². The monoisotopic (exact) mass is 464 g/mol. The Kier molecular flexibility index (Phi) is 6.55. The molecule has 10 heteroatoms. The van der Waals surface area contributed by atoms with E-state index < -0.39 is 37.3 Å². The number of ether oxygens (including phenoxy) is 5. The number of methoxy groups -OCH3 is 3. The number of hydrogen-bond donors (Lipinski definition) is 5. The van der Waals surface area contributed by atoms with E-state index in [4.69, 9.17) is 23.7 Å². The summed E-state index contributed by atoms with van der Waals surface area (Å²) >= 11 is 0. The molecular weight excluding hydrogens is 436 g/mol. The molecule has 0 unspecified atom stereocenters. The van der Waals surface area contributed by atoms with Gasteiger partial charge in [-0.25, -0.2) is 0 Å². The van der Waals surface area contributed by atoms with Crippen LogP contribution in [0.15, 0.2) is 18.2 Å². The minimum Gasteiger partial charge on any atom is -0.504 e. The number of aliphatic hydroxyl groups excluding tert-OH is 4. The van der Waals surface area contributed by atoms with Crippen molar-refractivity contribution in [2.75, 3.05) is 27.9 Å². The fraction of sp³-hybridized carbons (Fsp3) is 0.478. The summed E-state index contributed by atoms with van der Waals surface area (Å²) in [4.78, 5) is 0. The van der Waals surface area contributed by atoms with E-state index in [-0.39, 0.29) is 23.0 Å². The number of phenols is 1. The number of aryl methyl sites for hydroxylation is 2. The summed E-state index contributed by atoms with van der Waals surface area (Å²) in [7, 11) is 4.37. The van der Waals surface area contributed by atoms with Crippen LogP contribution in [-0.4, -0.2) is 84.2 Å². The average molecular weight is 464 g/mol. The van der Waals surface area contributed by atoms with Crippen LogP contribution in [0.25, 0.3) is 11.1 Å². The molecule has 10 nitrogen and oxygen atoms in total. The van der Waals surface area contributed by atoms with E-state index in [9.17, 15) is 25.5 Å². The Morgan fingerprint density at radius 1 is 0.848 bits per heavy atom. The molecule has 4 rings (SSSR count). The number of hydrogen-bond acceptors (Lipinski definition) is 10. The van der Waals surface area contributed by atoms with Gasteiger partial charge in [0, 0.05) is 5.56 Å². The quantitative estimate of drug-likeness (QED) is 0.406. The highest BCUT2D eigenvalue weighted by Gasteiger charge is 2.45. The third-order valence-electron chi connectivity index (χ3n) is 6.13. The van der Waals surface area contributed by atoms with Crippen molar-refractivity contribution >= 4 is 0 Å². The molecule has 5 N–H and O–H groups in total. The first-order valence-electron chi connectivity index (χ1n) is 10.5. The van der Waals surface area contributed by atoms with Gasteiger partial charge in [0.1, 0.15) is 24.4 Å². The zero-order valence-corrected chi connectivity index (χ0v) is 18.5. The van der Waals surface area contributed by atoms with Gasteiger partial charge in [0.15, 0.2) is 23.0 Å². The van der Waals surface area contributed by atoms with Crippen molar-refractivity contribution in [3.8, 4) is 39.9 Å². The second kappa shape index (κ2) is 9.24. The third kappa shape index (κ3) is 3.94. The van der Waals surface area contributed by atoms with E-state index in [1.54, 1.807) is 12.1 Å². The Hall–Kier alpha value is -2.76. The number of phenolic OH excluding ortho intramolecular Hbond substituents is 1. The maximum Gasteiger partial charge on any atom is 0.229 e. The summed E-state index contributed by atoms with van der Waals surface area (Å²) in [6.45, 7) is -0.586. The Morgan fingerprint density at radius 3 is 2.18 bits per heavy atom. The standard InChI is InChI=1S/C23H28O10/c1-29-14-8-12-10(6-13(14)25)4-5-11-7-15(30-2)21(31-3)22(17(11)12)33-23-20(28)19(27)18(26)16(9-24)32-23/h6-8,16,18-20,23-28H,4-5,9H2,1-3H3/t16-,18-,19+,20-,23+/m1/s1. The van der Waals surface area contributed by atoms with E-state index in [0.717, 1.165) is 16.7 Å². The summed E-state index contributed by atoms with van der Waals surface area (Å²) in [5.74, 6) is 1.09. The number of fused-ring (bicyclic) bond motifs is 3. The lowest BCUT2D eigenvalue weighted by molar-refractivity contribution is -0.277. The van der Waals surface area contributed by atoms with Crippen LogP contribution in [-0.2, 0) is 17.6 Å². The van der Waals surface area contributed by atoms with Crippen LogP contribution in [0.5, 0.6) is 28.7 Å². The van der Waals surface area contributed by atoms with Gasteiger partial charge in [-0.15, -0.1) is 0 Å². The molecule has 0 radical (unpaired) electrons. The smallest absolute Gasteiger partial charge is 0.229 e. The molecule has 0 spiro atoms. The molecule has 33 heavy (non-hydrogen) atoms. The van der Waals surface area contributed by atoms with Gasteiger partial charge in [0.05, 0.1) is 27.9 Å². The fourth-order valence-electron chi connectivity index (χ4n) is 4.38. The third-order valence-corrected chi connectivity index (χ3v) is 6.13. The molecule has 1 fully saturated rings. The van der Waals surface area contributed by atoms with Crippen LogP contribution in [0, 0.1) is 0 Å². The molecule has 1 heterocycles. The molecule has 5 atom stereocenters. The molecule has 180 valence electrons. The average Bonchev–Trinajstić information content (AvgIpc) is 2.82. The lowest BCUT2D eigenvalue weighted by Gasteiger charge is -2.40. The van der Waals surface area contributed by atoms with E-state index >= 15 is 0 Å². The largest absolute Gasteiger partial charge is 0.504 e. The predicted molar refractivity (Wildman–Crippen MR) is 115 cm³/mol. The summed E-state index contributed by atoms with van der Waals surface area (Å²) < 4.78 is 28.0. The van der Waals surface area contributed by atoms with Crippen molar-refractivity contribution in [1.82, 2.24) is 0 Å². The molecule has 1 aliphatic carbocycles. The highest BCUT2D eigenvalue weighted by atomic mass is 16.7. The molecule has 1 saturated heterocycles. The molecule has 1 aliphatic heterocycles. The Balaban J connectivity index is 1.88. The SMILES string of the molecule is COc1cc2c(cc1O)CCc1cc(OC)c(OC)c(O[C@@H]3O[C@H](CO)[C@@H](O)[C@H](O)[C@H]3O)c1-2. The first-order valence-corrected chi connectivity index (χ1v) is 10.5. The molecule has 2 aliphatic rings. The minimum absolute atomic E-state index is 0.0107. The van der Waals surface area contributed by atoms with Crippen molar-refractivity contribution in [3.63, 3.8) is 0 Å². The van der Waals surface area contributed by atoms with Gasteiger partial charge in [-0.2, -0.15) is 0 Å². The second-order valence-corrected chi connectivity index (χ2v) is 7.97. The number of benzene rings is 2. The Morgan fingerprint density at radius 2 is 1.55 bits per heavy atom. The van der Waals surface area contributed by atoms with Crippen LogP contribution < -0.4 is 18.9 Å². The highest BCUT2D eigenvalue weighted by Crippen LogP contribution is 2.52. The topological polar surface area (TPSA) is 147 Å². The summed E-state index contributed by atoms with van der Waals surface area (Å²) in [6.07, 6.45) is -6.02. The molecule has 0 amide bonds. The van der Waals surface area contributed by atoms with Crippen LogP contribution in [0.2, 0.25) is 0 Å². The van der Waals surface area contributed by atoms with Gasteiger partial charge < -0.3 is 49.2 Å². The summed E-state index contributed by atoms with van der Waals surface area (Å²) in [5, 5.41) is 50.6. The minimum atomic E-state index is -1.60. The van der Waals surface area contributed by atoms with Crippen molar-refractivity contribution in [3.05, 3.63) is 29.3 Å². The van der Waals surface area contributed by atoms with E-state index in [2.05, 4.69) is 0 Å². The van der Waals surface area contributed by atoms with E-state index in [0.29, 0.717) is 24.2 Å². The lowest BCUT2D eigenvalue weighted by atomic mass is 9.84. The normalized spacial score (nSPS) is 26.2.